The number of phenolic OH excluding ortho intramolecular Hbond substituents is 1. The Labute approximate surface area is 82.5 Å². The van der Waals surface area contributed by atoms with Crippen LogP contribution >= 0.6 is 0 Å². The van der Waals surface area contributed by atoms with Crippen molar-refractivity contribution in [3.63, 3.8) is 0 Å². The van der Waals surface area contributed by atoms with Crippen molar-refractivity contribution in [3.05, 3.63) is 23.8 Å². The Morgan fingerprint density at radius 2 is 2.29 bits per heavy atom. The first-order chi connectivity index (χ1) is 6.69. The van der Waals surface area contributed by atoms with Gasteiger partial charge in [-0.1, -0.05) is 0 Å². The predicted molar refractivity (Wildman–Crippen MR) is 52.9 cm³/mol. The van der Waals surface area contributed by atoms with Gasteiger partial charge >= 0.3 is 0 Å². The number of rotatable bonds is 4. The molecule has 0 aliphatic carbocycles. The van der Waals surface area contributed by atoms with E-state index in [1.165, 1.54) is 19.2 Å². The first-order valence-corrected chi connectivity index (χ1v) is 4.24. The van der Waals surface area contributed by atoms with Gasteiger partial charge in [0.05, 0.1) is 13.7 Å². The summed E-state index contributed by atoms with van der Waals surface area (Å²) in [6.07, 6.45) is 0. The summed E-state index contributed by atoms with van der Waals surface area (Å²) in [7, 11) is 3.15. The van der Waals surface area contributed by atoms with Gasteiger partial charge in [-0.05, 0) is 25.2 Å². The van der Waals surface area contributed by atoms with Crippen LogP contribution in [0.3, 0.4) is 0 Å². The van der Waals surface area contributed by atoms with Gasteiger partial charge in [-0.2, -0.15) is 0 Å². The number of hydrogen-bond acceptors (Lipinski definition) is 4. The molecule has 0 radical (unpaired) electrons. The Bertz CT molecular complexity index is 336. The number of benzene rings is 1. The lowest BCUT2D eigenvalue weighted by Gasteiger charge is -2.05. The fourth-order valence-electron chi connectivity index (χ4n) is 1.11. The fourth-order valence-corrected chi connectivity index (χ4v) is 1.11. The van der Waals surface area contributed by atoms with Crippen LogP contribution in [0.25, 0.3) is 0 Å². The van der Waals surface area contributed by atoms with Crippen molar-refractivity contribution < 1.29 is 14.6 Å². The normalized spacial score (nSPS) is 9.86. The number of phenols is 1. The second kappa shape index (κ2) is 4.62. The van der Waals surface area contributed by atoms with E-state index in [0.29, 0.717) is 11.3 Å². The van der Waals surface area contributed by atoms with Crippen molar-refractivity contribution in [2.24, 2.45) is 0 Å². The Kier molecular flexibility index (Phi) is 3.48. The highest BCUT2D eigenvalue weighted by molar-refractivity contribution is 5.98. The van der Waals surface area contributed by atoms with Crippen molar-refractivity contribution in [3.8, 4) is 11.5 Å². The largest absolute Gasteiger partial charge is 0.504 e. The molecule has 0 spiro atoms. The lowest BCUT2D eigenvalue weighted by atomic mass is 10.1. The quantitative estimate of drug-likeness (QED) is 0.698. The van der Waals surface area contributed by atoms with Crippen molar-refractivity contribution in [1.82, 2.24) is 5.32 Å². The topological polar surface area (TPSA) is 58.6 Å². The average molecular weight is 195 g/mol. The maximum absolute atomic E-state index is 11.4. The van der Waals surface area contributed by atoms with E-state index in [0.717, 1.165) is 0 Å². The van der Waals surface area contributed by atoms with Gasteiger partial charge in [0.2, 0.25) is 0 Å². The summed E-state index contributed by atoms with van der Waals surface area (Å²) < 4.78 is 4.89. The number of hydrogen-bond donors (Lipinski definition) is 2. The van der Waals surface area contributed by atoms with Gasteiger partial charge in [0.15, 0.2) is 17.3 Å². The van der Waals surface area contributed by atoms with Crippen LogP contribution in [0.5, 0.6) is 11.5 Å². The molecule has 1 aromatic carbocycles. The molecule has 0 aliphatic heterocycles. The van der Waals surface area contributed by atoms with E-state index in [1.807, 2.05) is 0 Å². The molecule has 1 aromatic rings. The minimum absolute atomic E-state index is 0.0357. The van der Waals surface area contributed by atoms with Crippen LogP contribution in [0.1, 0.15) is 10.4 Å². The number of carbonyl (C=O) groups is 1. The van der Waals surface area contributed by atoms with E-state index in [2.05, 4.69) is 5.32 Å². The molecule has 0 saturated heterocycles. The summed E-state index contributed by atoms with van der Waals surface area (Å²) in [4.78, 5) is 11.4. The van der Waals surface area contributed by atoms with Gasteiger partial charge < -0.3 is 15.2 Å². The highest BCUT2D eigenvalue weighted by atomic mass is 16.5. The molecule has 0 fully saturated rings. The zero-order valence-corrected chi connectivity index (χ0v) is 8.20. The minimum atomic E-state index is -0.0363. The van der Waals surface area contributed by atoms with E-state index in [1.54, 1.807) is 13.1 Å². The molecule has 0 unspecified atom stereocenters. The standard InChI is InChI=1S/C10H13NO3/c1-11-6-9(13)7-3-4-8(12)10(5-7)14-2/h3-5,11-12H,6H2,1-2H3. The minimum Gasteiger partial charge on any atom is -0.504 e. The Morgan fingerprint density at radius 3 is 2.86 bits per heavy atom. The third-order valence-corrected chi connectivity index (χ3v) is 1.84. The number of aromatic hydroxyl groups is 1. The van der Waals surface area contributed by atoms with Crippen molar-refractivity contribution in [2.75, 3.05) is 20.7 Å². The summed E-state index contributed by atoms with van der Waals surface area (Å²) in [5, 5.41) is 12.1. The van der Waals surface area contributed by atoms with E-state index in [9.17, 15) is 9.90 Å². The molecule has 0 atom stereocenters. The van der Waals surface area contributed by atoms with Gasteiger partial charge in [0.25, 0.3) is 0 Å². The predicted octanol–water partition coefficient (Wildman–Crippen LogP) is 0.803. The third kappa shape index (κ3) is 2.23. The van der Waals surface area contributed by atoms with Crippen LogP contribution in [0.2, 0.25) is 0 Å². The third-order valence-electron chi connectivity index (χ3n) is 1.84. The summed E-state index contributed by atoms with van der Waals surface area (Å²) in [6.45, 7) is 0.272. The molecule has 14 heavy (non-hydrogen) atoms. The molecule has 0 amide bonds. The summed E-state index contributed by atoms with van der Waals surface area (Å²) in [5.41, 5.74) is 0.522. The first-order valence-electron chi connectivity index (χ1n) is 4.24. The fraction of sp³-hybridized carbons (Fsp3) is 0.300. The zero-order valence-electron chi connectivity index (χ0n) is 8.20. The van der Waals surface area contributed by atoms with Gasteiger partial charge in [0.1, 0.15) is 0 Å². The Morgan fingerprint density at radius 1 is 1.57 bits per heavy atom. The highest BCUT2D eigenvalue weighted by Gasteiger charge is 2.08. The molecule has 4 nitrogen and oxygen atoms in total. The number of methoxy groups -OCH3 is 1. The van der Waals surface area contributed by atoms with Gasteiger partial charge in [0, 0.05) is 5.56 Å². The second-order valence-corrected chi connectivity index (χ2v) is 2.84. The van der Waals surface area contributed by atoms with Crippen molar-refractivity contribution in [2.45, 2.75) is 0 Å². The number of ketones is 1. The molecule has 0 bridgehead atoms. The van der Waals surface area contributed by atoms with Crippen molar-refractivity contribution in [1.29, 1.82) is 0 Å². The maximum Gasteiger partial charge on any atom is 0.176 e. The molecule has 1 rings (SSSR count). The number of Topliss-reactive ketones (excluding diaryl/α,β-unsaturated/α-hetero) is 1. The average Bonchev–Trinajstić information content (AvgIpc) is 2.19. The Balaban J connectivity index is 2.94. The summed E-state index contributed by atoms with van der Waals surface area (Å²) in [5.74, 6) is 0.311. The number of nitrogens with one attached hydrogen (secondary N) is 1. The maximum atomic E-state index is 11.4. The van der Waals surface area contributed by atoms with Crippen LogP contribution in [0.15, 0.2) is 18.2 Å². The second-order valence-electron chi connectivity index (χ2n) is 2.84. The SMILES string of the molecule is CNCC(=O)c1ccc(O)c(OC)c1. The van der Waals surface area contributed by atoms with E-state index in [-0.39, 0.29) is 18.1 Å². The van der Waals surface area contributed by atoms with Crippen LogP contribution in [0.4, 0.5) is 0 Å². The van der Waals surface area contributed by atoms with Crippen LogP contribution in [0, 0.1) is 0 Å². The van der Waals surface area contributed by atoms with Gasteiger partial charge in [-0.3, -0.25) is 4.79 Å². The van der Waals surface area contributed by atoms with E-state index in [4.69, 9.17) is 4.74 Å². The molecule has 0 aromatic heterocycles. The molecule has 76 valence electrons. The van der Waals surface area contributed by atoms with Crippen LogP contribution in [-0.2, 0) is 0 Å². The molecule has 0 saturated carbocycles. The zero-order chi connectivity index (χ0) is 10.6. The van der Waals surface area contributed by atoms with Gasteiger partial charge in [-0.15, -0.1) is 0 Å². The summed E-state index contributed by atoms with van der Waals surface area (Å²) >= 11 is 0. The number of ether oxygens (including phenoxy) is 1. The molecule has 2 N–H and O–H groups in total. The highest BCUT2D eigenvalue weighted by Crippen LogP contribution is 2.26. The summed E-state index contributed by atoms with van der Waals surface area (Å²) in [6, 6.07) is 4.54. The molecule has 0 aliphatic rings. The molecule has 0 heterocycles. The van der Waals surface area contributed by atoms with Crippen LogP contribution in [-0.4, -0.2) is 31.6 Å². The number of carbonyl (C=O) groups excluding carboxylic acids is 1. The monoisotopic (exact) mass is 195 g/mol. The Hall–Kier alpha value is -1.55. The first kappa shape index (κ1) is 10.5. The molecule has 4 heteroatoms. The van der Waals surface area contributed by atoms with Gasteiger partial charge in [-0.25, -0.2) is 0 Å². The smallest absolute Gasteiger partial charge is 0.176 e. The van der Waals surface area contributed by atoms with E-state index >= 15 is 0 Å². The lowest BCUT2D eigenvalue weighted by molar-refractivity contribution is 0.0993. The molecular formula is C10H13NO3. The van der Waals surface area contributed by atoms with Crippen molar-refractivity contribution >= 4 is 5.78 Å². The van der Waals surface area contributed by atoms with Crippen LogP contribution < -0.4 is 10.1 Å². The lowest BCUT2D eigenvalue weighted by Crippen LogP contribution is -2.18. The van der Waals surface area contributed by atoms with E-state index < -0.39 is 0 Å². The molecular weight excluding hydrogens is 182 g/mol. The number of likely N-dealkylation sites (N-methyl/N-ethyl adjacent to an activating group) is 1.